The zero-order chi connectivity index (χ0) is 32.3. The van der Waals surface area contributed by atoms with Crippen molar-refractivity contribution < 1.29 is 32.7 Å². The van der Waals surface area contributed by atoms with Crippen LogP contribution < -0.4 is 31.3 Å². The number of carbonyl (C=O) groups is 5. The van der Waals surface area contributed by atoms with Crippen LogP contribution in [0.5, 0.6) is 0 Å². The van der Waals surface area contributed by atoms with Crippen LogP contribution in [0.4, 0.5) is 4.79 Å². The quantitative estimate of drug-likeness (QED) is 0.0437. The molecule has 14 nitrogen and oxygen atoms in total. The van der Waals surface area contributed by atoms with E-state index >= 15 is 0 Å². The number of urea groups is 1. The number of likely N-dealkylation sites (tertiary alicyclic amines) is 1. The largest absolute Gasteiger partial charge is 0.346 e. The average molecular weight is 614 g/mol. The lowest BCUT2D eigenvalue weighted by Crippen LogP contribution is -2.61. The lowest BCUT2D eigenvalue weighted by Gasteiger charge is -2.37. The molecule has 1 unspecified atom stereocenters. The Kier molecular flexibility index (Phi) is 14.5. The predicted molar refractivity (Wildman–Crippen MR) is 160 cm³/mol. The van der Waals surface area contributed by atoms with E-state index in [-0.39, 0.29) is 31.1 Å². The molecule has 0 aromatic heterocycles. The molecule has 1 aliphatic heterocycles. The van der Waals surface area contributed by atoms with Crippen molar-refractivity contribution >= 4 is 40.8 Å². The minimum Gasteiger partial charge on any atom is -0.346 e. The highest BCUT2D eigenvalue weighted by Crippen LogP contribution is 2.26. The first kappa shape index (κ1) is 36.9. The molecule has 0 aromatic rings. The summed E-state index contributed by atoms with van der Waals surface area (Å²) in [5.74, 6) is -3.05. The Morgan fingerprint density at radius 1 is 1.05 bits per heavy atom. The SMILES string of the molecule is C=CCNC(=O)C(=O)C(=C)NC(=O)[C@@H]1CCCN1C(=O)[C@@H](NC(=O)N[C@H](CNCCNS(=O)O)C(C)(C)C)C(C)(C)C. The summed E-state index contributed by atoms with van der Waals surface area (Å²) in [6.45, 7) is 19.5. The molecule has 1 rings (SSSR count). The van der Waals surface area contributed by atoms with Gasteiger partial charge < -0.3 is 31.5 Å². The highest BCUT2D eigenvalue weighted by Gasteiger charge is 2.42. The van der Waals surface area contributed by atoms with Crippen molar-refractivity contribution in [1.82, 2.24) is 36.2 Å². The molecule has 1 aliphatic rings. The van der Waals surface area contributed by atoms with E-state index in [1.165, 1.54) is 11.0 Å². The van der Waals surface area contributed by atoms with E-state index in [2.05, 4.69) is 44.5 Å². The summed E-state index contributed by atoms with van der Waals surface area (Å²) in [6.07, 6.45) is 2.27. The molecule has 5 amide bonds. The molecular weight excluding hydrogens is 566 g/mol. The molecule has 0 bridgehead atoms. The number of Topliss-reactive ketones (excluding diaryl/α,β-unsaturated/α-hetero) is 1. The van der Waals surface area contributed by atoms with Gasteiger partial charge in [0.2, 0.25) is 23.1 Å². The third-order valence-corrected chi connectivity index (χ3v) is 7.07. The number of ketones is 1. The van der Waals surface area contributed by atoms with Crippen LogP contribution in [0.15, 0.2) is 24.9 Å². The summed E-state index contributed by atoms with van der Waals surface area (Å²) in [5.41, 5.74) is -1.49. The van der Waals surface area contributed by atoms with Crippen LogP contribution in [0.3, 0.4) is 0 Å². The van der Waals surface area contributed by atoms with E-state index in [0.29, 0.717) is 25.9 Å². The molecule has 7 N–H and O–H groups in total. The van der Waals surface area contributed by atoms with Crippen LogP contribution in [0, 0.1) is 10.8 Å². The summed E-state index contributed by atoms with van der Waals surface area (Å²) < 4.78 is 21.9. The number of carbonyl (C=O) groups excluding carboxylic acids is 5. The topological polar surface area (TPSA) is 198 Å². The average Bonchev–Trinajstić information content (AvgIpc) is 3.37. The summed E-state index contributed by atoms with van der Waals surface area (Å²) >= 11 is -2.11. The second kappa shape index (κ2) is 16.5. The van der Waals surface area contributed by atoms with Crippen molar-refractivity contribution in [3.8, 4) is 0 Å². The van der Waals surface area contributed by atoms with Crippen LogP contribution >= 0.6 is 0 Å². The number of nitrogens with one attached hydrogen (secondary N) is 6. The lowest BCUT2D eigenvalue weighted by atomic mass is 9.85. The third-order valence-electron chi connectivity index (χ3n) is 6.61. The van der Waals surface area contributed by atoms with Crippen molar-refractivity contribution in [3.63, 3.8) is 0 Å². The Bertz CT molecular complexity index is 1050. The van der Waals surface area contributed by atoms with E-state index in [4.69, 9.17) is 4.55 Å². The van der Waals surface area contributed by atoms with Gasteiger partial charge in [-0.1, -0.05) is 54.2 Å². The molecule has 42 heavy (non-hydrogen) atoms. The highest BCUT2D eigenvalue weighted by atomic mass is 32.2. The van der Waals surface area contributed by atoms with Gasteiger partial charge in [0.05, 0.1) is 5.70 Å². The van der Waals surface area contributed by atoms with Gasteiger partial charge in [0.1, 0.15) is 12.1 Å². The van der Waals surface area contributed by atoms with Gasteiger partial charge >= 0.3 is 6.03 Å². The molecule has 0 aromatic carbocycles. The summed E-state index contributed by atoms with van der Waals surface area (Å²) in [5, 5.41) is 13.5. The summed E-state index contributed by atoms with van der Waals surface area (Å²) in [6, 6.07) is -2.83. The van der Waals surface area contributed by atoms with Gasteiger partial charge in [-0.3, -0.25) is 23.7 Å². The Morgan fingerprint density at radius 2 is 1.69 bits per heavy atom. The van der Waals surface area contributed by atoms with Crippen LogP contribution in [0.2, 0.25) is 0 Å². The van der Waals surface area contributed by atoms with E-state index < -0.39 is 64.0 Å². The normalized spacial score (nSPS) is 17.4. The zero-order valence-corrected chi connectivity index (χ0v) is 26.2. The van der Waals surface area contributed by atoms with Gasteiger partial charge in [0, 0.05) is 38.8 Å². The molecule has 0 spiro atoms. The lowest BCUT2D eigenvalue weighted by molar-refractivity contribution is -0.142. The maximum atomic E-state index is 13.7. The molecule has 1 fully saturated rings. The van der Waals surface area contributed by atoms with Gasteiger partial charge in [0.25, 0.3) is 11.7 Å². The number of nitrogens with zero attached hydrogens (tertiary/aromatic N) is 1. The van der Waals surface area contributed by atoms with Crippen molar-refractivity contribution in [1.29, 1.82) is 0 Å². The van der Waals surface area contributed by atoms with Crippen LogP contribution in [0.1, 0.15) is 54.4 Å². The van der Waals surface area contributed by atoms with Crippen molar-refractivity contribution in [2.24, 2.45) is 10.8 Å². The fourth-order valence-electron chi connectivity index (χ4n) is 4.17. The Labute approximate surface area is 250 Å². The van der Waals surface area contributed by atoms with E-state index in [9.17, 15) is 28.2 Å². The van der Waals surface area contributed by atoms with Gasteiger partial charge in [-0.25, -0.2) is 13.7 Å². The second-order valence-electron chi connectivity index (χ2n) is 12.2. The molecule has 15 heteroatoms. The molecule has 0 radical (unpaired) electrons. The molecule has 4 atom stereocenters. The maximum absolute atomic E-state index is 13.7. The first-order chi connectivity index (χ1) is 19.4. The van der Waals surface area contributed by atoms with E-state index in [0.717, 1.165) is 0 Å². The fraction of sp³-hybridized carbons (Fsp3) is 0.667. The van der Waals surface area contributed by atoms with Crippen LogP contribution in [-0.4, -0.2) is 94.0 Å². The third kappa shape index (κ3) is 12.0. The number of amides is 5. The van der Waals surface area contributed by atoms with Gasteiger partial charge in [0.15, 0.2) is 0 Å². The smallest absolute Gasteiger partial charge is 0.315 e. The van der Waals surface area contributed by atoms with Crippen molar-refractivity contribution in [2.45, 2.75) is 72.5 Å². The number of rotatable bonds is 15. The van der Waals surface area contributed by atoms with Gasteiger partial charge in [-0.05, 0) is 23.7 Å². The van der Waals surface area contributed by atoms with Crippen molar-refractivity contribution in [2.75, 3.05) is 32.7 Å². The first-order valence-corrected chi connectivity index (χ1v) is 14.9. The van der Waals surface area contributed by atoms with E-state index in [1.807, 2.05) is 20.8 Å². The highest BCUT2D eigenvalue weighted by molar-refractivity contribution is 7.77. The monoisotopic (exact) mass is 613 g/mol. The van der Waals surface area contributed by atoms with Crippen LogP contribution in [-0.2, 0) is 30.4 Å². The van der Waals surface area contributed by atoms with E-state index in [1.54, 1.807) is 20.8 Å². The fourth-order valence-corrected chi connectivity index (χ4v) is 4.44. The summed E-state index contributed by atoms with van der Waals surface area (Å²) in [4.78, 5) is 65.5. The molecule has 238 valence electrons. The standard InChI is InChI=1S/C27H47N7O7S/c1-9-12-29-23(37)20(35)17(2)31-22(36)18-11-10-15-34(18)24(38)21(27(6,7)8)33-25(39)32-19(26(3,4)5)16-28-13-14-30-42(40)41/h9,18-19,21,28,30H,1-2,10-16H2,3-8H3,(H,29,37)(H,31,36)(H,40,41)(H2,32,33,39)/t18-,19+,21+/m0/s1. The van der Waals surface area contributed by atoms with Gasteiger partial charge in [-0.15, -0.1) is 6.58 Å². The first-order valence-electron chi connectivity index (χ1n) is 13.8. The number of hydrogen-bond donors (Lipinski definition) is 7. The van der Waals surface area contributed by atoms with Gasteiger partial charge in [-0.2, -0.15) is 0 Å². The molecule has 0 aliphatic carbocycles. The Balaban J connectivity index is 2.94. The van der Waals surface area contributed by atoms with Crippen molar-refractivity contribution in [3.05, 3.63) is 24.9 Å². The molecule has 0 saturated carbocycles. The summed E-state index contributed by atoms with van der Waals surface area (Å²) in [7, 11) is 0. The Hall–Kier alpha value is -3.14. The minimum absolute atomic E-state index is 0.0732. The zero-order valence-electron chi connectivity index (χ0n) is 25.4. The molecule has 1 saturated heterocycles. The Morgan fingerprint density at radius 3 is 2.24 bits per heavy atom. The predicted octanol–water partition coefficient (Wildman–Crippen LogP) is -0.0769. The number of hydrogen-bond acceptors (Lipinski definition) is 7. The minimum atomic E-state index is -2.11. The molecular formula is C27H47N7O7S. The van der Waals surface area contributed by atoms with Crippen LogP contribution in [0.25, 0.3) is 0 Å². The maximum Gasteiger partial charge on any atom is 0.315 e. The second-order valence-corrected chi connectivity index (χ2v) is 13.0. The molecule has 1 heterocycles.